The van der Waals surface area contributed by atoms with E-state index in [1.807, 2.05) is 6.20 Å². The van der Waals surface area contributed by atoms with Gasteiger partial charge in [0.2, 0.25) is 0 Å². The lowest BCUT2D eigenvalue weighted by atomic mass is 10.2. The van der Waals surface area contributed by atoms with Crippen molar-refractivity contribution in [3.8, 4) is 0 Å². The van der Waals surface area contributed by atoms with Crippen LogP contribution in [-0.4, -0.2) is 22.6 Å². The molecular formula is C10H15N3. The molecule has 0 atom stereocenters. The van der Waals surface area contributed by atoms with E-state index in [0.717, 1.165) is 31.1 Å². The second kappa shape index (κ2) is 4.33. The molecule has 13 heavy (non-hydrogen) atoms. The van der Waals surface area contributed by atoms with Crippen LogP contribution in [0.4, 0.5) is 0 Å². The molecule has 1 N–H and O–H groups in total. The van der Waals surface area contributed by atoms with Crippen LogP contribution in [-0.2, 0) is 6.42 Å². The Balaban J connectivity index is 1.61. The van der Waals surface area contributed by atoms with Crippen molar-refractivity contribution in [1.82, 2.24) is 15.3 Å². The summed E-state index contributed by atoms with van der Waals surface area (Å²) in [6, 6.07) is 0.821. The van der Waals surface area contributed by atoms with Crippen LogP contribution in [0.25, 0.3) is 0 Å². The first-order valence-corrected chi connectivity index (χ1v) is 4.93. The van der Waals surface area contributed by atoms with E-state index in [1.165, 1.54) is 12.8 Å². The van der Waals surface area contributed by atoms with Crippen molar-refractivity contribution in [2.45, 2.75) is 31.7 Å². The standard InChI is InChI=1S/C10H15N3/c1(5-12-9-3-4-9)2-10-8-11-6-7-13-10/h6-9,12H,1-5H2. The molecule has 3 nitrogen and oxygen atoms in total. The predicted octanol–water partition coefficient (Wildman–Crippen LogP) is 1.16. The van der Waals surface area contributed by atoms with Gasteiger partial charge in [0.05, 0.1) is 5.69 Å². The maximum absolute atomic E-state index is 4.22. The molecule has 0 amide bonds. The molecule has 0 unspecified atom stereocenters. The lowest BCUT2D eigenvalue weighted by Crippen LogP contribution is -2.18. The minimum Gasteiger partial charge on any atom is -0.314 e. The van der Waals surface area contributed by atoms with Gasteiger partial charge in [-0.2, -0.15) is 0 Å². The summed E-state index contributed by atoms with van der Waals surface area (Å²) in [6.45, 7) is 1.11. The van der Waals surface area contributed by atoms with Gasteiger partial charge < -0.3 is 5.32 Å². The monoisotopic (exact) mass is 177 g/mol. The highest BCUT2D eigenvalue weighted by Gasteiger charge is 2.19. The van der Waals surface area contributed by atoms with E-state index < -0.39 is 0 Å². The molecule has 0 aliphatic heterocycles. The SMILES string of the molecule is c1cnc(CCCNC2CC2)cn1. The third-order valence-corrected chi connectivity index (χ3v) is 2.24. The van der Waals surface area contributed by atoms with E-state index in [2.05, 4.69) is 15.3 Å². The fourth-order valence-corrected chi connectivity index (χ4v) is 1.32. The molecule has 1 aliphatic carbocycles. The van der Waals surface area contributed by atoms with E-state index in [-0.39, 0.29) is 0 Å². The van der Waals surface area contributed by atoms with Crippen LogP contribution < -0.4 is 5.32 Å². The predicted molar refractivity (Wildman–Crippen MR) is 51.4 cm³/mol. The van der Waals surface area contributed by atoms with Gasteiger partial charge in [-0.3, -0.25) is 9.97 Å². The largest absolute Gasteiger partial charge is 0.314 e. The van der Waals surface area contributed by atoms with E-state index in [9.17, 15) is 0 Å². The van der Waals surface area contributed by atoms with Crippen LogP contribution in [0, 0.1) is 0 Å². The first kappa shape index (κ1) is 8.63. The van der Waals surface area contributed by atoms with Gasteiger partial charge >= 0.3 is 0 Å². The number of aryl methyl sites for hydroxylation is 1. The fraction of sp³-hybridized carbons (Fsp3) is 0.600. The second-order valence-electron chi connectivity index (χ2n) is 3.53. The topological polar surface area (TPSA) is 37.8 Å². The summed E-state index contributed by atoms with van der Waals surface area (Å²) in [7, 11) is 0. The Bertz CT molecular complexity index is 244. The van der Waals surface area contributed by atoms with Crippen LogP contribution in [0.15, 0.2) is 18.6 Å². The van der Waals surface area contributed by atoms with Crippen LogP contribution in [0.1, 0.15) is 25.0 Å². The Hall–Kier alpha value is -0.960. The van der Waals surface area contributed by atoms with Gasteiger partial charge in [0.1, 0.15) is 0 Å². The summed E-state index contributed by atoms with van der Waals surface area (Å²) in [5.74, 6) is 0. The van der Waals surface area contributed by atoms with Gasteiger partial charge in [0, 0.05) is 24.6 Å². The lowest BCUT2D eigenvalue weighted by molar-refractivity contribution is 0.640. The number of aromatic nitrogens is 2. The molecule has 1 aliphatic rings. The van der Waals surface area contributed by atoms with Gasteiger partial charge in [-0.1, -0.05) is 0 Å². The molecule has 1 saturated carbocycles. The number of nitrogens with zero attached hydrogens (tertiary/aromatic N) is 2. The smallest absolute Gasteiger partial charge is 0.0587 e. The number of hydrogen-bond acceptors (Lipinski definition) is 3. The van der Waals surface area contributed by atoms with Crippen molar-refractivity contribution in [2.24, 2.45) is 0 Å². The molecule has 1 heterocycles. The Morgan fingerprint density at radius 2 is 2.31 bits per heavy atom. The van der Waals surface area contributed by atoms with Crippen molar-refractivity contribution in [1.29, 1.82) is 0 Å². The highest BCUT2D eigenvalue weighted by molar-refractivity contribution is 4.94. The normalized spacial score (nSPS) is 16.0. The molecule has 2 rings (SSSR count). The van der Waals surface area contributed by atoms with E-state index in [4.69, 9.17) is 0 Å². The zero-order valence-electron chi connectivity index (χ0n) is 7.74. The first-order chi connectivity index (χ1) is 6.45. The van der Waals surface area contributed by atoms with Crippen LogP contribution in [0.5, 0.6) is 0 Å². The number of nitrogens with one attached hydrogen (secondary N) is 1. The minimum absolute atomic E-state index is 0.821. The van der Waals surface area contributed by atoms with Crippen molar-refractivity contribution >= 4 is 0 Å². The highest BCUT2D eigenvalue weighted by Crippen LogP contribution is 2.18. The Morgan fingerprint density at radius 1 is 1.38 bits per heavy atom. The zero-order chi connectivity index (χ0) is 8.93. The van der Waals surface area contributed by atoms with E-state index in [0.29, 0.717) is 0 Å². The summed E-state index contributed by atoms with van der Waals surface area (Å²) >= 11 is 0. The van der Waals surface area contributed by atoms with Gasteiger partial charge in [0.25, 0.3) is 0 Å². The van der Waals surface area contributed by atoms with Crippen LogP contribution >= 0.6 is 0 Å². The van der Waals surface area contributed by atoms with Gasteiger partial charge in [-0.05, 0) is 32.2 Å². The van der Waals surface area contributed by atoms with Gasteiger partial charge in [0.15, 0.2) is 0 Å². The molecule has 0 spiro atoms. The molecule has 1 fully saturated rings. The summed E-state index contributed by atoms with van der Waals surface area (Å²) in [5, 5.41) is 3.48. The zero-order valence-corrected chi connectivity index (χ0v) is 7.74. The third kappa shape index (κ3) is 3.11. The third-order valence-electron chi connectivity index (χ3n) is 2.24. The molecule has 3 heteroatoms. The van der Waals surface area contributed by atoms with Crippen molar-refractivity contribution in [3.63, 3.8) is 0 Å². The fourth-order valence-electron chi connectivity index (χ4n) is 1.32. The summed E-state index contributed by atoms with van der Waals surface area (Å²) in [4.78, 5) is 8.25. The Labute approximate surface area is 78.6 Å². The lowest BCUT2D eigenvalue weighted by Gasteiger charge is -2.01. The van der Waals surface area contributed by atoms with Gasteiger partial charge in [-0.15, -0.1) is 0 Å². The highest BCUT2D eigenvalue weighted by atomic mass is 14.9. The first-order valence-electron chi connectivity index (χ1n) is 4.93. The minimum atomic E-state index is 0.821. The maximum Gasteiger partial charge on any atom is 0.0587 e. The van der Waals surface area contributed by atoms with Crippen LogP contribution in [0.3, 0.4) is 0 Å². The summed E-state index contributed by atoms with van der Waals surface area (Å²) in [6.07, 6.45) is 10.2. The van der Waals surface area contributed by atoms with Crippen molar-refractivity contribution < 1.29 is 0 Å². The Morgan fingerprint density at radius 3 is 3.00 bits per heavy atom. The molecule has 0 radical (unpaired) electrons. The van der Waals surface area contributed by atoms with Crippen molar-refractivity contribution in [3.05, 3.63) is 24.3 Å². The van der Waals surface area contributed by atoms with E-state index >= 15 is 0 Å². The van der Waals surface area contributed by atoms with E-state index in [1.54, 1.807) is 12.4 Å². The average Bonchev–Trinajstić information content (AvgIpc) is 2.98. The molecule has 0 aromatic carbocycles. The summed E-state index contributed by atoms with van der Waals surface area (Å²) < 4.78 is 0. The number of rotatable bonds is 5. The molecule has 1 aromatic rings. The summed E-state index contributed by atoms with van der Waals surface area (Å²) in [5.41, 5.74) is 1.10. The maximum atomic E-state index is 4.22. The average molecular weight is 177 g/mol. The second-order valence-corrected chi connectivity index (χ2v) is 3.53. The number of hydrogen-bond donors (Lipinski definition) is 1. The molecule has 70 valence electrons. The van der Waals surface area contributed by atoms with Crippen LogP contribution in [0.2, 0.25) is 0 Å². The van der Waals surface area contributed by atoms with Gasteiger partial charge in [-0.25, -0.2) is 0 Å². The molecule has 0 bridgehead atoms. The molecule has 1 aromatic heterocycles. The van der Waals surface area contributed by atoms with Crippen molar-refractivity contribution in [2.75, 3.05) is 6.54 Å². The quantitative estimate of drug-likeness (QED) is 0.686. The molecular weight excluding hydrogens is 162 g/mol. The molecule has 0 saturated heterocycles. The Kier molecular flexibility index (Phi) is 2.87.